The molecule has 0 bridgehead atoms. The minimum atomic E-state index is -5.12. The van der Waals surface area contributed by atoms with Crippen LogP contribution in [0.5, 0.6) is 17.2 Å². The van der Waals surface area contributed by atoms with Crippen molar-refractivity contribution in [2.45, 2.75) is 9.79 Å². The van der Waals surface area contributed by atoms with Gasteiger partial charge in [-0.25, -0.2) is 4.21 Å². The second kappa shape index (κ2) is 10.9. The highest BCUT2D eigenvalue weighted by atomic mass is 35.5. The zero-order valence-electron chi connectivity index (χ0n) is 19.1. The van der Waals surface area contributed by atoms with Gasteiger partial charge in [-0.3, -0.25) is 18.4 Å². The Bertz CT molecular complexity index is 1870. The van der Waals surface area contributed by atoms with E-state index in [0.29, 0.717) is 5.75 Å². The largest absolute Gasteiger partial charge is 0.505 e. The Morgan fingerprint density at radius 1 is 0.897 bits per heavy atom. The molecule has 0 spiro atoms. The number of fused-ring (bicyclic) bond motifs is 1. The lowest BCUT2D eigenvalue weighted by molar-refractivity contribution is 0.472. The fourth-order valence-electron chi connectivity index (χ4n) is 3.45. The average Bonchev–Trinajstić information content (AvgIpc) is 2.83. The molecule has 0 aliphatic heterocycles. The molecule has 204 valence electrons. The van der Waals surface area contributed by atoms with E-state index in [1.807, 2.05) is 4.72 Å². The minimum absolute atomic E-state index is 0.0105. The molecule has 0 aliphatic carbocycles. The molecule has 17 heteroatoms. The van der Waals surface area contributed by atoms with Gasteiger partial charge in [0.1, 0.15) is 22.0 Å². The van der Waals surface area contributed by atoms with Crippen molar-refractivity contribution in [2.75, 3.05) is 4.72 Å². The van der Waals surface area contributed by atoms with Crippen molar-refractivity contribution >= 4 is 70.9 Å². The van der Waals surface area contributed by atoms with Crippen LogP contribution in [0.3, 0.4) is 0 Å². The first-order valence-corrected chi connectivity index (χ1v) is 14.7. The molecule has 0 radical (unpaired) electrons. The van der Waals surface area contributed by atoms with Gasteiger partial charge >= 0.3 is 0 Å². The number of azo groups is 1. The van der Waals surface area contributed by atoms with Gasteiger partial charge in [0.25, 0.3) is 31.5 Å². The highest BCUT2D eigenvalue weighted by Gasteiger charge is 2.26. The fraction of sp³-hybridized carbons (Fsp3) is 0. The number of nitrogens with one attached hydrogen (secondary N) is 1. The quantitative estimate of drug-likeness (QED) is 0.0962. The van der Waals surface area contributed by atoms with Gasteiger partial charge in [0, 0.05) is 5.02 Å². The number of hydrogen-bond acceptors (Lipinski definition) is 9. The molecular weight excluding hydrogens is 598 g/mol. The third kappa shape index (κ3) is 6.51. The van der Waals surface area contributed by atoms with Crippen LogP contribution in [0.2, 0.25) is 5.02 Å². The molecule has 1 atom stereocenters. The lowest BCUT2D eigenvalue weighted by Gasteiger charge is -2.14. The zero-order valence-corrected chi connectivity index (χ0v) is 22.3. The van der Waals surface area contributed by atoms with Gasteiger partial charge in [-0.15, -0.1) is 10.2 Å². The van der Waals surface area contributed by atoms with Crippen LogP contribution >= 0.6 is 11.6 Å². The third-order valence-corrected chi connectivity index (χ3v) is 7.37. The average molecular weight is 614 g/mol. The van der Waals surface area contributed by atoms with Crippen molar-refractivity contribution < 1.29 is 44.5 Å². The predicted molar refractivity (Wildman–Crippen MR) is 142 cm³/mol. The van der Waals surface area contributed by atoms with Crippen molar-refractivity contribution in [1.82, 2.24) is 0 Å². The van der Waals surface area contributed by atoms with Crippen LogP contribution in [0.25, 0.3) is 10.8 Å². The summed E-state index contributed by atoms with van der Waals surface area (Å²) in [6.07, 6.45) is 0. The highest BCUT2D eigenvalue weighted by molar-refractivity contribution is 7.86. The van der Waals surface area contributed by atoms with E-state index in [0.717, 1.165) is 18.2 Å². The fourth-order valence-corrected chi connectivity index (χ4v) is 5.17. The molecule has 4 aromatic carbocycles. The molecule has 5 N–H and O–H groups in total. The maximum absolute atomic E-state index is 12.2. The van der Waals surface area contributed by atoms with E-state index in [4.69, 9.17) is 16.3 Å². The summed E-state index contributed by atoms with van der Waals surface area (Å²) in [6, 6.07) is 15.0. The molecule has 39 heavy (non-hydrogen) atoms. The molecule has 0 aliphatic rings. The Morgan fingerprint density at radius 2 is 1.59 bits per heavy atom. The highest BCUT2D eigenvalue weighted by Crippen LogP contribution is 2.46. The van der Waals surface area contributed by atoms with Gasteiger partial charge in [0.15, 0.2) is 11.5 Å². The first-order valence-electron chi connectivity index (χ1n) is 10.3. The van der Waals surface area contributed by atoms with Crippen molar-refractivity contribution in [3.05, 3.63) is 71.8 Å². The van der Waals surface area contributed by atoms with Crippen LogP contribution in [0, 0.1) is 0 Å². The van der Waals surface area contributed by atoms with E-state index >= 15 is 0 Å². The first kappa shape index (κ1) is 28.4. The summed E-state index contributed by atoms with van der Waals surface area (Å²) in [7, 11) is -10.0. The van der Waals surface area contributed by atoms with Crippen LogP contribution in [0.15, 0.2) is 86.7 Å². The van der Waals surface area contributed by atoms with E-state index < -0.39 is 58.4 Å². The number of phenols is 1. The van der Waals surface area contributed by atoms with E-state index in [2.05, 4.69) is 10.2 Å². The molecule has 0 amide bonds. The molecule has 0 saturated carbocycles. The van der Waals surface area contributed by atoms with Gasteiger partial charge < -0.3 is 9.84 Å². The number of halogens is 1. The predicted octanol–water partition coefficient (Wildman–Crippen LogP) is 5.45. The van der Waals surface area contributed by atoms with Crippen LogP contribution in [-0.4, -0.2) is 39.8 Å². The maximum atomic E-state index is 12.2. The SMILES string of the molecule is O=S(O)Nc1cc(S(=O)(=O)O)cc2cc(S(=O)(=O)O)c(N=Nc3cc(Cl)ccc3Oc3ccccc3)c(O)c12. The molecular formula is C22H16ClN3O10S3. The summed E-state index contributed by atoms with van der Waals surface area (Å²) in [5, 5.41) is 18.2. The van der Waals surface area contributed by atoms with E-state index in [9.17, 15) is 39.8 Å². The number of para-hydroxylation sites is 1. The molecule has 4 rings (SSSR count). The number of hydrogen-bond donors (Lipinski definition) is 5. The van der Waals surface area contributed by atoms with Crippen molar-refractivity contribution in [3.8, 4) is 17.2 Å². The molecule has 1 unspecified atom stereocenters. The second-order valence-electron chi connectivity index (χ2n) is 7.67. The van der Waals surface area contributed by atoms with Gasteiger partial charge in [-0.05, 0) is 53.9 Å². The van der Waals surface area contributed by atoms with E-state index in [1.165, 1.54) is 18.2 Å². The van der Waals surface area contributed by atoms with Gasteiger partial charge in [0.2, 0.25) is 0 Å². The van der Waals surface area contributed by atoms with Crippen LogP contribution in [-0.2, 0) is 31.5 Å². The molecule has 4 aromatic rings. The smallest absolute Gasteiger partial charge is 0.296 e. The monoisotopic (exact) mass is 613 g/mol. The number of rotatable bonds is 8. The second-order valence-corrected chi connectivity index (χ2v) is 11.6. The van der Waals surface area contributed by atoms with E-state index in [1.54, 1.807) is 30.3 Å². The van der Waals surface area contributed by atoms with Gasteiger partial charge in [0.05, 0.1) is 16.0 Å². The number of anilines is 1. The Balaban J connectivity index is 1.96. The molecule has 0 heterocycles. The molecule has 0 fully saturated rings. The summed E-state index contributed by atoms with van der Waals surface area (Å²) < 4.78 is 95.5. The summed E-state index contributed by atoms with van der Waals surface area (Å²) in [6.45, 7) is 0. The van der Waals surface area contributed by atoms with Crippen molar-refractivity contribution in [1.29, 1.82) is 0 Å². The number of benzene rings is 4. The van der Waals surface area contributed by atoms with Crippen LogP contribution in [0.4, 0.5) is 17.1 Å². The number of phenolic OH excluding ortho intramolecular Hbond substituents is 1. The summed E-state index contributed by atoms with van der Waals surface area (Å²) >= 11 is 3.27. The molecule has 13 nitrogen and oxygen atoms in total. The van der Waals surface area contributed by atoms with E-state index in [-0.39, 0.29) is 27.2 Å². The summed E-state index contributed by atoms with van der Waals surface area (Å²) in [4.78, 5) is -1.80. The summed E-state index contributed by atoms with van der Waals surface area (Å²) in [5.74, 6) is -0.407. The Labute approximate surface area is 228 Å². The van der Waals surface area contributed by atoms with Crippen LogP contribution < -0.4 is 9.46 Å². The number of ether oxygens (including phenoxy) is 1. The van der Waals surface area contributed by atoms with Crippen molar-refractivity contribution in [3.63, 3.8) is 0 Å². The van der Waals surface area contributed by atoms with Crippen LogP contribution in [0.1, 0.15) is 0 Å². The Kier molecular flexibility index (Phi) is 7.89. The topological polar surface area (TPSA) is 212 Å². The summed E-state index contributed by atoms with van der Waals surface area (Å²) in [5.41, 5.74) is -1.31. The number of aromatic hydroxyl groups is 1. The normalized spacial score (nSPS) is 13.0. The third-order valence-electron chi connectivity index (χ3n) is 5.05. The first-order chi connectivity index (χ1) is 18.2. The number of nitrogens with zero attached hydrogens (tertiary/aromatic N) is 2. The zero-order chi connectivity index (χ0) is 28.5. The Morgan fingerprint density at radius 3 is 2.21 bits per heavy atom. The standard InChI is InChI=1S/C22H16ClN3O10S3/c23-13-6-7-18(36-14-4-2-1-3-5-14)16(10-13)24-25-21-19(39(33,34)35)9-12-8-15(38(30,31)32)11-17(26-37(28)29)20(12)22(21)27/h1-11,26-27H,(H,28,29)(H,30,31,32)(H,33,34,35). The van der Waals surface area contributed by atoms with Gasteiger partial charge in [-0.1, -0.05) is 29.8 Å². The van der Waals surface area contributed by atoms with Gasteiger partial charge in [-0.2, -0.15) is 16.8 Å². The lowest BCUT2D eigenvalue weighted by Crippen LogP contribution is -2.06. The van der Waals surface area contributed by atoms with Crippen molar-refractivity contribution in [2.24, 2.45) is 10.2 Å². The maximum Gasteiger partial charge on any atom is 0.296 e. The lowest BCUT2D eigenvalue weighted by atomic mass is 10.1. The molecule has 0 saturated heterocycles. The molecule has 0 aromatic heterocycles. The Hall–Kier alpha value is -3.64. The minimum Gasteiger partial charge on any atom is -0.505 e.